The summed E-state index contributed by atoms with van der Waals surface area (Å²) in [6.45, 7) is 3.99. The molecule has 1 aliphatic carbocycles. The van der Waals surface area contributed by atoms with Gasteiger partial charge in [0.25, 0.3) is 0 Å². The Morgan fingerprint density at radius 3 is 2.56 bits per heavy atom. The molecule has 2 rings (SSSR count). The van der Waals surface area contributed by atoms with Crippen molar-refractivity contribution in [1.29, 1.82) is 0 Å². The van der Waals surface area contributed by atoms with E-state index < -0.39 is 5.97 Å². The third-order valence-electron chi connectivity index (χ3n) is 3.29. The van der Waals surface area contributed by atoms with Gasteiger partial charge in [0.2, 0.25) is 0 Å². The predicted molar refractivity (Wildman–Crippen MR) is 61.0 cm³/mol. The average Bonchev–Trinajstić information content (AvgIpc) is 3.00. The average molecular weight is 220 g/mol. The Morgan fingerprint density at radius 1 is 1.38 bits per heavy atom. The molecule has 2 atom stereocenters. The number of aryl methyl sites for hydroxylation is 2. The highest BCUT2D eigenvalue weighted by atomic mass is 16.5. The monoisotopic (exact) mass is 220 g/mol. The summed E-state index contributed by atoms with van der Waals surface area (Å²) in [5, 5.41) is 8.92. The van der Waals surface area contributed by atoms with E-state index in [4.69, 9.17) is 9.84 Å². The van der Waals surface area contributed by atoms with Crippen molar-refractivity contribution in [2.24, 2.45) is 5.92 Å². The van der Waals surface area contributed by atoms with Crippen LogP contribution in [-0.4, -0.2) is 18.2 Å². The maximum absolute atomic E-state index is 10.8. The van der Waals surface area contributed by atoms with Crippen molar-refractivity contribution in [3.05, 3.63) is 28.8 Å². The predicted octanol–water partition coefficient (Wildman–Crippen LogP) is 2.50. The molecule has 1 aliphatic rings. The molecule has 86 valence electrons. The molecule has 1 aromatic carbocycles. The number of ether oxygens (including phenoxy) is 1. The zero-order valence-corrected chi connectivity index (χ0v) is 9.78. The fourth-order valence-electron chi connectivity index (χ4n) is 2.24. The molecule has 0 amide bonds. The molecule has 0 aliphatic heterocycles. The van der Waals surface area contributed by atoms with Gasteiger partial charge in [-0.25, -0.2) is 0 Å². The fourth-order valence-corrected chi connectivity index (χ4v) is 2.24. The second-order valence-corrected chi connectivity index (χ2v) is 4.47. The van der Waals surface area contributed by atoms with Gasteiger partial charge in [0.1, 0.15) is 5.75 Å². The Bertz CT molecular complexity index is 437. The first-order valence-electron chi connectivity index (χ1n) is 5.42. The third kappa shape index (κ3) is 1.77. The first-order valence-corrected chi connectivity index (χ1v) is 5.42. The second kappa shape index (κ2) is 3.81. The van der Waals surface area contributed by atoms with E-state index in [2.05, 4.69) is 6.07 Å². The molecule has 2 unspecified atom stereocenters. The molecule has 0 saturated heterocycles. The van der Waals surface area contributed by atoms with Crippen molar-refractivity contribution in [3.63, 3.8) is 0 Å². The van der Waals surface area contributed by atoms with Crippen LogP contribution in [0.1, 0.15) is 29.0 Å². The minimum absolute atomic E-state index is 0.188. The maximum atomic E-state index is 10.8. The maximum Gasteiger partial charge on any atom is 0.307 e. The Balaban J connectivity index is 2.30. The van der Waals surface area contributed by atoms with Gasteiger partial charge in [-0.2, -0.15) is 0 Å². The van der Waals surface area contributed by atoms with E-state index in [-0.39, 0.29) is 11.8 Å². The van der Waals surface area contributed by atoms with Crippen LogP contribution in [0.3, 0.4) is 0 Å². The van der Waals surface area contributed by atoms with Crippen LogP contribution in [0.5, 0.6) is 5.75 Å². The lowest BCUT2D eigenvalue weighted by molar-refractivity contribution is -0.138. The summed E-state index contributed by atoms with van der Waals surface area (Å²) in [6.07, 6.45) is 0.766. The quantitative estimate of drug-likeness (QED) is 0.851. The summed E-state index contributed by atoms with van der Waals surface area (Å²) >= 11 is 0. The summed E-state index contributed by atoms with van der Waals surface area (Å²) in [5.41, 5.74) is 3.35. The van der Waals surface area contributed by atoms with Crippen molar-refractivity contribution in [3.8, 4) is 5.75 Å². The molecular weight excluding hydrogens is 204 g/mol. The van der Waals surface area contributed by atoms with Crippen LogP contribution in [0.25, 0.3) is 0 Å². The van der Waals surface area contributed by atoms with E-state index in [1.54, 1.807) is 7.11 Å². The van der Waals surface area contributed by atoms with Gasteiger partial charge in [0.05, 0.1) is 13.0 Å². The Kier molecular flexibility index (Phi) is 2.62. The number of hydrogen-bond acceptors (Lipinski definition) is 2. The number of rotatable bonds is 3. The fraction of sp³-hybridized carbons (Fsp3) is 0.462. The molecule has 3 heteroatoms. The van der Waals surface area contributed by atoms with Crippen LogP contribution in [0.2, 0.25) is 0 Å². The SMILES string of the molecule is COc1cc(C)c(C2CC2C(=O)O)cc1C. The highest BCUT2D eigenvalue weighted by Crippen LogP contribution is 2.49. The summed E-state index contributed by atoms with van der Waals surface area (Å²) < 4.78 is 5.24. The van der Waals surface area contributed by atoms with Crippen LogP contribution in [0, 0.1) is 19.8 Å². The van der Waals surface area contributed by atoms with E-state index in [9.17, 15) is 4.79 Å². The van der Waals surface area contributed by atoms with Gasteiger partial charge in [0, 0.05) is 0 Å². The molecule has 0 aromatic heterocycles. The molecule has 0 radical (unpaired) electrons. The van der Waals surface area contributed by atoms with E-state index in [1.165, 1.54) is 0 Å². The number of benzene rings is 1. The standard InChI is InChI=1S/C13H16O3/c1-7-5-12(16-3)8(2)4-9(7)10-6-11(10)13(14)15/h4-5,10-11H,6H2,1-3H3,(H,14,15). The largest absolute Gasteiger partial charge is 0.496 e. The van der Waals surface area contributed by atoms with Crippen LogP contribution < -0.4 is 4.74 Å². The summed E-state index contributed by atoms with van der Waals surface area (Å²) in [6, 6.07) is 4.05. The zero-order valence-electron chi connectivity index (χ0n) is 9.78. The normalized spacial score (nSPS) is 22.9. The number of methoxy groups -OCH3 is 1. The lowest BCUT2D eigenvalue weighted by Crippen LogP contribution is -2.00. The number of aliphatic carboxylic acids is 1. The minimum atomic E-state index is -0.683. The number of carboxylic acid groups (broad SMARTS) is 1. The Hall–Kier alpha value is -1.51. The van der Waals surface area contributed by atoms with Crippen LogP contribution in [-0.2, 0) is 4.79 Å². The van der Waals surface area contributed by atoms with Crippen molar-refractivity contribution < 1.29 is 14.6 Å². The van der Waals surface area contributed by atoms with Crippen molar-refractivity contribution in [2.45, 2.75) is 26.2 Å². The van der Waals surface area contributed by atoms with Crippen LogP contribution in [0.15, 0.2) is 12.1 Å². The van der Waals surface area contributed by atoms with Gasteiger partial charge in [-0.15, -0.1) is 0 Å². The first kappa shape index (κ1) is 11.0. The van der Waals surface area contributed by atoms with Crippen LogP contribution >= 0.6 is 0 Å². The molecule has 1 aromatic rings. The molecule has 1 fully saturated rings. The zero-order chi connectivity index (χ0) is 11.9. The minimum Gasteiger partial charge on any atom is -0.496 e. The van der Waals surface area contributed by atoms with Gasteiger partial charge in [-0.1, -0.05) is 6.07 Å². The number of hydrogen-bond donors (Lipinski definition) is 1. The van der Waals surface area contributed by atoms with E-state index in [0.717, 1.165) is 28.9 Å². The molecule has 1 N–H and O–H groups in total. The van der Waals surface area contributed by atoms with Gasteiger partial charge < -0.3 is 9.84 Å². The van der Waals surface area contributed by atoms with Crippen LogP contribution in [0.4, 0.5) is 0 Å². The van der Waals surface area contributed by atoms with E-state index in [1.807, 2.05) is 19.9 Å². The van der Waals surface area contributed by atoms with E-state index in [0.29, 0.717) is 0 Å². The van der Waals surface area contributed by atoms with Gasteiger partial charge in [-0.05, 0) is 48.9 Å². The summed E-state index contributed by atoms with van der Waals surface area (Å²) in [5.74, 6) is 0.195. The molecular formula is C13H16O3. The first-order chi connectivity index (χ1) is 7.54. The van der Waals surface area contributed by atoms with E-state index >= 15 is 0 Å². The highest BCUT2D eigenvalue weighted by molar-refractivity contribution is 5.75. The smallest absolute Gasteiger partial charge is 0.307 e. The lowest BCUT2D eigenvalue weighted by atomic mass is 9.99. The Morgan fingerprint density at radius 2 is 2.06 bits per heavy atom. The van der Waals surface area contributed by atoms with Gasteiger partial charge in [-0.3, -0.25) is 4.79 Å². The topological polar surface area (TPSA) is 46.5 Å². The van der Waals surface area contributed by atoms with Crippen molar-refractivity contribution in [2.75, 3.05) is 7.11 Å². The summed E-state index contributed by atoms with van der Waals surface area (Å²) in [4.78, 5) is 10.8. The third-order valence-corrected chi connectivity index (χ3v) is 3.29. The molecule has 3 nitrogen and oxygen atoms in total. The lowest BCUT2D eigenvalue weighted by Gasteiger charge is -2.10. The van der Waals surface area contributed by atoms with Gasteiger partial charge in [0.15, 0.2) is 0 Å². The summed E-state index contributed by atoms with van der Waals surface area (Å²) in [7, 11) is 1.65. The molecule has 0 spiro atoms. The molecule has 0 heterocycles. The molecule has 0 bridgehead atoms. The van der Waals surface area contributed by atoms with Crippen molar-refractivity contribution in [1.82, 2.24) is 0 Å². The van der Waals surface area contributed by atoms with Crippen molar-refractivity contribution >= 4 is 5.97 Å². The molecule has 1 saturated carbocycles. The molecule has 16 heavy (non-hydrogen) atoms. The number of carbonyl (C=O) groups is 1. The highest BCUT2D eigenvalue weighted by Gasteiger charge is 2.44. The Labute approximate surface area is 95.0 Å². The van der Waals surface area contributed by atoms with Gasteiger partial charge >= 0.3 is 5.97 Å². The second-order valence-electron chi connectivity index (χ2n) is 4.47. The number of carboxylic acids is 1.